The first-order valence-corrected chi connectivity index (χ1v) is 9.06. The lowest BCUT2D eigenvalue weighted by Crippen LogP contribution is -2.33. The third-order valence-electron chi connectivity index (χ3n) is 4.95. The molecule has 1 aliphatic rings. The van der Waals surface area contributed by atoms with Gasteiger partial charge in [0, 0.05) is 51.8 Å². The van der Waals surface area contributed by atoms with E-state index in [0.717, 1.165) is 37.4 Å². The SMILES string of the molecule is Cc1ccccc1CN1CCN(Cc2c(C)nn(C)c2Cl)CCC1=O. The van der Waals surface area contributed by atoms with Crippen molar-refractivity contribution in [3.8, 4) is 0 Å². The first-order chi connectivity index (χ1) is 12.0. The van der Waals surface area contributed by atoms with Crippen LogP contribution in [-0.4, -0.2) is 45.1 Å². The molecule has 0 radical (unpaired) electrons. The van der Waals surface area contributed by atoms with Gasteiger partial charge in [-0.2, -0.15) is 5.10 Å². The largest absolute Gasteiger partial charge is 0.337 e. The second-order valence-corrected chi connectivity index (χ2v) is 7.10. The van der Waals surface area contributed by atoms with Crippen LogP contribution in [0.15, 0.2) is 24.3 Å². The fraction of sp³-hybridized carbons (Fsp3) is 0.474. The van der Waals surface area contributed by atoms with Crippen molar-refractivity contribution in [1.29, 1.82) is 0 Å². The molecule has 0 atom stereocenters. The summed E-state index contributed by atoms with van der Waals surface area (Å²) in [7, 11) is 1.86. The van der Waals surface area contributed by atoms with Crippen molar-refractivity contribution in [2.45, 2.75) is 33.4 Å². The van der Waals surface area contributed by atoms with E-state index in [0.29, 0.717) is 18.1 Å². The van der Waals surface area contributed by atoms with Gasteiger partial charge in [0.25, 0.3) is 0 Å². The van der Waals surface area contributed by atoms with Gasteiger partial charge in [0.05, 0.1) is 5.69 Å². The summed E-state index contributed by atoms with van der Waals surface area (Å²) in [6, 6.07) is 8.26. The monoisotopic (exact) mass is 360 g/mol. The smallest absolute Gasteiger partial charge is 0.224 e. The molecule has 2 aromatic rings. The van der Waals surface area contributed by atoms with E-state index in [1.165, 1.54) is 11.1 Å². The van der Waals surface area contributed by atoms with Gasteiger partial charge in [-0.15, -0.1) is 0 Å². The molecule has 0 N–H and O–H groups in total. The van der Waals surface area contributed by atoms with Crippen LogP contribution in [-0.2, 0) is 24.9 Å². The molecule has 0 spiro atoms. The number of carbonyl (C=O) groups is 1. The van der Waals surface area contributed by atoms with Gasteiger partial charge < -0.3 is 4.90 Å². The number of carbonyl (C=O) groups excluding carboxylic acids is 1. The minimum Gasteiger partial charge on any atom is -0.337 e. The van der Waals surface area contributed by atoms with Crippen molar-refractivity contribution < 1.29 is 4.79 Å². The third kappa shape index (κ3) is 4.05. The number of hydrogen-bond acceptors (Lipinski definition) is 3. The van der Waals surface area contributed by atoms with Crippen molar-refractivity contribution in [1.82, 2.24) is 19.6 Å². The van der Waals surface area contributed by atoms with E-state index in [-0.39, 0.29) is 5.91 Å². The lowest BCUT2D eigenvalue weighted by molar-refractivity contribution is -0.130. The van der Waals surface area contributed by atoms with Gasteiger partial charge in [0.2, 0.25) is 5.91 Å². The Kier molecular flexibility index (Phi) is 5.45. The zero-order chi connectivity index (χ0) is 18.0. The molecule has 1 fully saturated rings. The summed E-state index contributed by atoms with van der Waals surface area (Å²) in [6.45, 7) is 7.85. The molecular weight excluding hydrogens is 336 g/mol. The first kappa shape index (κ1) is 18.0. The summed E-state index contributed by atoms with van der Waals surface area (Å²) < 4.78 is 1.71. The molecule has 1 saturated heterocycles. The Balaban J connectivity index is 1.66. The van der Waals surface area contributed by atoms with Gasteiger partial charge >= 0.3 is 0 Å². The van der Waals surface area contributed by atoms with Crippen LogP contribution in [0.2, 0.25) is 5.15 Å². The Labute approximate surface area is 154 Å². The number of nitrogens with zero attached hydrogens (tertiary/aromatic N) is 4. The Hall–Kier alpha value is -1.85. The zero-order valence-electron chi connectivity index (χ0n) is 15.1. The van der Waals surface area contributed by atoms with E-state index in [1.54, 1.807) is 4.68 Å². The Morgan fingerprint density at radius 1 is 1.12 bits per heavy atom. The van der Waals surface area contributed by atoms with Crippen molar-refractivity contribution in [2.24, 2.45) is 7.05 Å². The second-order valence-electron chi connectivity index (χ2n) is 6.75. The molecule has 1 amide bonds. The normalized spacial score (nSPS) is 16.3. The quantitative estimate of drug-likeness (QED) is 0.841. The minimum atomic E-state index is 0.222. The number of aryl methyl sites for hydroxylation is 3. The van der Waals surface area contributed by atoms with Crippen LogP contribution in [0.3, 0.4) is 0 Å². The Morgan fingerprint density at radius 3 is 2.56 bits per heavy atom. The van der Waals surface area contributed by atoms with Crippen LogP contribution in [0.4, 0.5) is 0 Å². The average Bonchev–Trinajstić information content (AvgIpc) is 2.73. The molecule has 1 aromatic heterocycles. The van der Waals surface area contributed by atoms with Crippen molar-refractivity contribution in [2.75, 3.05) is 19.6 Å². The first-order valence-electron chi connectivity index (χ1n) is 8.68. The van der Waals surface area contributed by atoms with Gasteiger partial charge in [-0.25, -0.2) is 0 Å². The second kappa shape index (κ2) is 7.58. The van der Waals surface area contributed by atoms with E-state index >= 15 is 0 Å². The van der Waals surface area contributed by atoms with E-state index in [2.05, 4.69) is 29.1 Å². The van der Waals surface area contributed by atoms with E-state index in [1.807, 2.05) is 31.0 Å². The van der Waals surface area contributed by atoms with Crippen LogP contribution in [0, 0.1) is 13.8 Å². The molecule has 1 aliphatic heterocycles. The molecule has 5 nitrogen and oxygen atoms in total. The predicted molar refractivity (Wildman–Crippen MR) is 99.4 cm³/mol. The number of hydrogen-bond donors (Lipinski definition) is 0. The molecule has 134 valence electrons. The zero-order valence-corrected chi connectivity index (χ0v) is 15.9. The summed E-state index contributed by atoms with van der Waals surface area (Å²) in [4.78, 5) is 16.8. The fourth-order valence-electron chi connectivity index (χ4n) is 3.31. The van der Waals surface area contributed by atoms with Gasteiger partial charge in [0.15, 0.2) is 0 Å². The van der Waals surface area contributed by atoms with E-state index < -0.39 is 0 Å². The van der Waals surface area contributed by atoms with Crippen LogP contribution >= 0.6 is 11.6 Å². The van der Waals surface area contributed by atoms with Gasteiger partial charge in [-0.1, -0.05) is 35.9 Å². The molecule has 0 unspecified atom stereocenters. The van der Waals surface area contributed by atoms with Crippen molar-refractivity contribution in [3.63, 3.8) is 0 Å². The number of amides is 1. The standard InChI is InChI=1S/C19H25ClN4O/c1-14-6-4-5-7-16(14)12-24-11-10-23(9-8-18(24)25)13-17-15(2)21-22(3)19(17)20/h4-7H,8-13H2,1-3H3. The molecule has 3 rings (SSSR count). The van der Waals surface area contributed by atoms with Crippen LogP contribution < -0.4 is 0 Å². The van der Waals surface area contributed by atoms with Gasteiger partial charge in [-0.3, -0.25) is 14.4 Å². The minimum absolute atomic E-state index is 0.222. The number of benzene rings is 1. The maximum atomic E-state index is 12.5. The topological polar surface area (TPSA) is 41.4 Å². The maximum Gasteiger partial charge on any atom is 0.224 e. The molecule has 6 heteroatoms. The van der Waals surface area contributed by atoms with Crippen LogP contribution in [0.5, 0.6) is 0 Å². The lowest BCUT2D eigenvalue weighted by atomic mass is 10.1. The average molecular weight is 361 g/mol. The molecule has 0 saturated carbocycles. The summed E-state index contributed by atoms with van der Waals surface area (Å²) in [5, 5.41) is 5.06. The van der Waals surface area contributed by atoms with Crippen molar-refractivity contribution in [3.05, 3.63) is 51.8 Å². The Bertz CT molecular complexity index is 771. The molecular formula is C19H25ClN4O. The fourth-order valence-corrected chi connectivity index (χ4v) is 3.54. The number of aromatic nitrogens is 2. The third-order valence-corrected chi connectivity index (χ3v) is 5.43. The highest BCUT2D eigenvalue weighted by atomic mass is 35.5. The van der Waals surface area contributed by atoms with Crippen LogP contribution in [0.1, 0.15) is 28.8 Å². The highest BCUT2D eigenvalue weighted by molar-refractivity contribution is 6.30. The summed E-state index contributed by atoms with van der Waals surface area (Å²) >= 11 is 6.35. The molecule has 0 aliphatic carbocycles. The molecule has 1 aromatic carbocycles. The highest BCUT2D eigenvalue weighted by Crippen LogP contribution is 2.22. The van der Waals surface area contributed by atoms with Gasteiger partial charge in [0.1, 0.15) is 5.15 Å². The lowest BCUT2D eigenvalue weighted by Gasteiger charge is -2.23. The van der Waals surface area contributed by atoms with Gasteiger partial charge in [-0.05, 0) is 25.0 Å². The summed E-state index contributed by atoms with van der Waals surface area (Å²) in [5.41, 5.74) is 4.47. The molecule has 25 heavy (non-hydrogen) atoms. The number of halogens is 1. The predicted octanol–water partition coefficient (Wildman–Crippen LogP) is 2.92. The van der Waals surface area contributed by atoms with E-state index in [4.69, 9.17) is 11.6 Å². The summed E-state index contributed by atoms with van der Waals surface area (Å²) in [6.07, 6.45) is 0.544. The van der Waals surface area contributed by atoms with Crippen molar-refractivity contribution >= 4 is 17.5 Å². The van der Waals surface area contributed by atoms with Crippen LogP contribution in [0.25, 0.3) is 0 Å². The maximum absolute atomic E-state index is 12.5. The van der Waals surface area contributed by atoms with E-state index in [9.17, 15) is 4.79 Å². The number of rotatable bonds is 4. The Morgan fingerprint density at radius 2 is 1.88 bits per heavy atom. The molecule has 2 heterocycles. The summed E-state index contributed by atoms with van der Waals surface area (Å²) in [5.74, 6) is 0.222. The molecule has 0 bridgehead atoms. The highest BCUT2D eigenvalue weighted by Gasteiger charge is 2.23.